The van der Waals surface area contributed by atoms with Gasteiger partial charge in [0.25, 0.3) is 5.91 Å². The van der Waals surface area contributed by atoms with E-state index < -0.39 is 12.7 Å². The maximum absolute atomic E-state index is 12.9. The van der Waals surface area contributed by atoms with Crippen molar-refractivity contribution >= 4 is 28.8 Å². The molecule has 0 unspecified atom stereocenters. The molecular weight excluding hydrogens is 399 g/mol. The summed E-state index contributed by atoms with van der Waals surface area (Å²) in [6, 6.07) is 7.21. The standard InChI is InChI=1S/C18H19ClF3N3OS/c1-12-15(27-16(23-12)13-3-5-14(19)6-4-13)17(26)25-8-2-7-24(9-10-25)11-18(20,21)22/h3-6H,2,7-11H2,1H3. The van der Waals surface area contributed by atoms with Crippen LogP contribution < -0.4 is 0 Å². The van der Waals surface area contributed by atoms with Crippen LogP contribution in [0.1, 0.15) is 21.8 Å². The molecule has 0 saturated carbocycles. The minimum Gasteiger partial charge on any atom is -0.337 e. The summed E-state index contributed by atoms with van der Waals surface area (Å²) < 4.78 is 37.8. The molecule has 1 aliphatic heterocycles. The topological polar surface area (TPSA) is 36.4 Å². The van der Waals surface area contributed by atoms with E-state index >= 15 is 0 Å². The lowest BCUT2D eigenvalue weighted by Gasteiger charge is -2.22. The number of alkyl halides is 3. The number of carbonyl (C=O) groups is 1. The quantitative estimate of drug-likeness (QED) is 0.738. The second kappa shape index (κ2) is 8.16. The number of rotatable bonds is 3. The molecule has 27 heavy (non-hydrogen) atoms. The highest BCUT2D eigenvalue weighted by atomic mass is 35.5. The molecule has 1 aromatic heterocycles. The Morgan fingerprint density at radius 1 is 1.19 bits per heavy atom. The summed E-state index contributed by atoms with van der Waals surface area (Å²) in [5.41, 5.74) is 1.50. The zero-order valence-electron chi connectivity index (χ0n) is 14.7. The monoisotopic (exact) mass is 417 g/mol. The van der Waals surface area contributed by atoms with E-state index in [0.717, 1.165) is 10.6 Å². The van der Waals surface area contributed by atoms with Crippen LogP contribution in [0.4, 0.5) is 13.2 Å². The van der Waals surface area contributed by atoms with E-state index in [1.54, 1.807) is 24.0 Å². The molecule has 146 valence electrons. The maximum atomic E-state index is 12.9. The summed E-state index contributed by atoms with van der Waals surface area (Å²) in [5.74, 6) is -0.168. The first-order chi connectivity index (χ1) is 12.7. The second-order valence-corrected chi connectivity index (χ2v) is 7.91. The zero-order chi connectivity index (χ0) is 19.6. The molecule has 1 aliphatic rings. The molecule has 1 aromatic carbocycles. The number of carbonyl (C=O) groups excluding carboxylic acids is 1. The van der Waals surface area contributed by atoms with E-state index in [-0.39, 0.29) is 19.0 Å². The Bertz CT molecular complexity index is 807. The summed E-state index contributed by atoms with van der Waals surface area (Å²) in [7, 11) is 0. The third-order valence-corrected chi connectivity index (χ3v) is 5.81. The average molecular weight is 418 g/mol. The minimum atomic E-state index is -4.22. The van der Waals surface area contributed by atoms with Gasteiger partial charge in [-0.25, -0.2) is 4.98 Å². The number of nitrogens with zero attached hydrogens (tertiary/aromatic N) is 3. The van der Waals surface area contributed by atoms with Gasteiger partial charge in [-0.1, -0.05) is 23.7 Å². The molecule has 1 saturated heterocycles. The van der Waals surface area contributed by atoms with Crippen LogP contribution in [0, 0.1) is 6.92 Å². The number of benzene rings is 1. The van der Waals surface area contributed by atoms with Crippen LogP contribution >= 0.6 is 22.9 Å². The second-order valence-electron chi connectivity index (χ2n) is 6.48. The number of aryl methyl sites for hydroxylation is 1. The van der Waals surface area contributed by atoms with Crippen molar-refractivity contribution in [2.75, 3.05) is 32.7 Å². The number of hydrogen-bond donors (Lipinski definition) is 0. The Hall–Kier alpha value is -1.64. The van der Waals surface area contributed by atoms with Crippen LogP contribution in [0.15, 0.2) is 24.3 Å². The van der Waals surface area contributed by atoms with Gasteiger partial charge in [0.2, 0.25) is 0 Å². The molecule has 0 atom stereocenters. The molecule has 2 aromatic rings. The molecular formula is C18H19ClF3N3OS. The third-order valence-electron chi connectivity index (χ3n) is 4.36. The van der Waals surface area contributed by atoms with Crippen molar-refractivity contribution in [1.82, 2.24) is 14.8 Å². The first-order valence-corrected chi connectivity index (χ1v) is 9.74. The van der Waals surface area contributed by atoms with Crippen LogP contribution in [0.5, 0.6) is 0 Å². The van der Waals surface area contributed by atoms with Gasteiger partial charge in [-0.15, -0.1) is 11.3 Å². The molecule has 0 N–H and O–H groups in total. The summed E-state index contributed by atoms with van der Waals surface area (Å²) in [6.07, 6.45) is -3.70. The van der Waals surface area contributed by atoms with E-state index in [4.69, 9.17) is 11.6 Å². The highest BCUT2D eigenvalue weighted by Gasteiger charge is 2.32. The summed E-state index contributed by atoms with van der Waals surface area (Å²) in [4.78, 5) is 20.9. The lowest BCUT2D eigenvalue weighted by Crippen LogP contribution is -2.38. The van der Waals surface area contributed by atoms with Crippen LogP contribution in [-0.4, -0.2) is 59.6 Å². The Kier molecular flexibility index (Phi) is 6.08. The van der Waals surface area contributed by atoms with Gasteiger partial charge in [-0.3, -0.25) is 9.69 Å². The fourth-order valence-corrected chi connectivity index (χ4v) is 4.21. The summed E-state index contributed by atoms with van der Waals surface area (Å²) in [6.45, 7) is 2.11. The molecule has 3 rings (SSSR count). The predicted molar refractivity (Wildman–Crippen MR) is 100 cm³/mol. The van der Waals surface area contributed by atoms with Crippen molar-refractivity contribution in [3.8, 4) is 10.6 Å². The Morgan fingerprint density at radius 2 is 1.89 bits per heavy atom. The van der Waals surface area contributed by atoms with Gasteiger partial charge < -0.3 is 4.90 Å². The molecule has 1 fully saturated rings. The Morgan fingerprint density at radius 3 is 2.56 bits per heavy atom. The highest BCUT2D eigenvalue weighted by molar-refractivity contribution is 7.17. The van der Waals surface area contributed by atoms with Crippen LogP contribution in [0.25, 0.3) is 10.6 Å². The molecule has 9 heteroatoms. The normalized spacial score (nSPS) is 16.4. The van der Waals surface area contributed by atoms with Crippen molar-refractivity contribution in [3.63, 3.8) is 0 Å². The summed E-state index contributed by atoms with van der Waals surface area (Å²) >= 11 is 7.20. The maximum Gasteiger partial charge on any atom is 0.401 e. The van der Waals surface area contributed by atoms with E-state index in [2.05, 4.69) is 4.98 Å². The molecule has 0 spiro atoms. The molecule has 4 nitrogen and oxygen atoms in total. The Labute approximate surface area is 164 Å². The third kappa shape index (κ3) is 5.21. The van der Waals surface area contributed by atoms with Gasteiger partial charge in [0.1, 0.15) is 9.88 Å². The van der Waals surface area contributed by atoms with Crippen molar-refractivity contribution in [2.45, 2.75) is 19.5 Å². The zero-order valence-corrected chi connectivity index (χ0v) is 16.3. The van der Waals surface area contributed by atoms with Crippen molar-refractivity contribution in [1.29, 1.82) is 0 Å². The lowest BCUT2D eigenvalue weighted by molar-refractivity contribution is -0.145. The SMILES string of the molecule is Cc1nc(-c2ccc(Cl)cc2)sc1C(=O)N1CCCN(CC(F)(F)F)CC1. The number of halogens is 4. The van der Waals surface area contributed by atoms with Crippen molar-refractivity contribution in [3.05, 3.63) is 39.9 Å². The average Bonchev–Trinajstić information content (AvgIpc) is 2.83. The fraction of sp³-hybridized carbons (Fsp3) is 0.444. The molecule has 1 amide bonds. The van der Waals surface area contributed by atoms with E-state index in [1.807, 2.05) is 12.1 Å². The van der Waals surface area contributed by atoms with E-state index in [0.29, 0.717) is 35.1 Å². The molecule has 2 heterocycles. The minimum absolute atomic E-state index is 0.168. The lowest BCUT2D eigenvalue weighted by atomic mass is 10.2. The van der Waals surface area contributed by atoms with Crippen LogP contribution in [0.3, 0.4) is 0 Å². The molecule has 0 aliphatic carbocycles. The van der Waals surface area contributed by atoms with Gasteiger partial charge >= 0.3 is 6.18 Å². The van der Waals surface area contributed by atoms with Gasteiger partial charge in [0.15, 0.2) is 0 Å². The predicted octanol–water partition coefficient (Wildman–Crippen LogP) is 4.48. The van der Waals surface area contributed by atoms with Gasteiger partial charge in [-0.05, 0) is 25.5 Å². The van der Waals surface area contributed by atoms with Crippen LogP contribution in [0.2, 0.25) is 5.02 Å². The van der Waals surface area contributed by atoms with Crippen LogP contribution in [-0.2, 0) is 0 Å². The number of aromatic nitrogens is 1. The van der Waals surface area contributed by atoms with E-state index in [9.17, 15) is 18.0 Å². The smallest absolute Gasteiger partial charge is 0.337 e. The van der Waals surface area contributed by atoms with E-state index in [1.165, 1.54) is 16.2 Å². The highest BCUT2D eigenvalue weighted by Crippen LogP contribution is 2.30. The van der Waals surface area contributed by atoms with Crippen molar-refractivity contribution in [2.24, 2.45) is 0 Å². The Balaban J connectivity index is 1.71. The first-order valence-electron chi connectivity index (χ1n) is 8.55. The number of amides is 1. The molecule has 0 radical (unpaired) electrons. The van der Waals surface area contributed by atoms with Crippen molar-refractivity contribution < 1.29 is 18.0 Å². The van der Waals surface area contributed by atoms with Gasteiger partial charge in [0, 0.05) is 36.8 Å². The molecule has 0 bridgehead atoms. The number of hydrogen-bond acceptors (Lipinski definition) is 4. The number of thiazole rings is 1. The largest absolute Gasteiger partial charge is 0.401 e. The fourth-order valence-electron chi connectivity index (χ4n) is 3.04. The van der Waals surface area contributed by atoms with Gasteiger partial charge in [0.05, 0.1) is 12.2 Å². The summed E-state index contributed by atoms with van der Waals surface area (Å²) in [5, 5.41) is 1.34. The first kappa shape index (κ1) is 20.1. The van der Waals surface area contributed by atoms with Gasteiger partial charge in [-0.2, -0.15) is 13.2 Å².